The van der Waals surface area contributed by atoms with Gasteiger partial charge in [0.25, 0.3) is 0 Å². The van der Waals surface area contributed by atoms with E-state index in [0.29, 0.717) is 13.2 Å². The predicted octanol–water partition coefficient (Wildman–Crippen LogP) is 0.797. The average Bonchev–Trinajstić information content (AvgIpc) is 1.64. The van der Waals surface area contributed by atoms with Gasteiger partial charge in [0.15, 0.2) is 0 Å². The van der Waals surface area contributed by atoms with Crippen molar-refractivity contribution in [1.82, 2.24) is 0 Å². The summed E-state index contributed by atoms with van der Waals surface area (Å²) in [5, 5.41) is 0. The van der Waals surface area contributed by atoms with Gasteiger partial charge in [-0.25, -0.2) is 0 Å². The predicted molar refractivity (Wildman–Crippen MR) is 40.6 cm³/mol. The minimum atomic E-state index is -1.90. The van der Waals surface area contributed by atoms with Crippen molar-refractivity contribution in [1.29, 1.82) is 0 Å². The first kappa shape index (κ1) is 9.35. The van der Waals surface area contributed by atoms with E-state index in [-0.39, 0.29) is 0 Å². The van der Waals surface area contributed by atoms with E-state index in [4.69, 9.17) is 8.85 Å². The highest BCUT2D eigenvalue weighted by molar-refractivity contribution is 7.08. The fourth-order valence-corrected chi connectivity index (χ4v) is 2.64. The Morgan fingerprint density at radius 2 is 1.56 bits per heavy atom. The molecule has 0 aliphatic rings. The molecule has 2 nitrogen and oxygen atoms in total. The Balaban J connectivity index is 3.43. The topological polar surface area (TPSA) is 18.5 Å². The van der Waals surface area contributed by atoms with Gasteiger partial charge in [-0.05, 0) is 20.4 Å². The van der Waals surface area contributed by atoms with Gasteiger partial charge in [-0.15, -0.1) is 0 Å². The van der Waals surface area contributed by atoms with Crippen LogP contribution in [0.1, 0.15) is 13.8 Å². The van der Waals surface area contributed by atoms with Gasteiger partial charge in [-0.2, -0.15) is 0 Å². The molecule has 53 valence electrons. The lowest BCUT2D eigenvalue weighted by Crippen LogP contribution is -2.39. The minimum Gasteiger partial charge on any atom is -0.398 e. The molecule has 0 saturated heterocycles. The van der Waals surface area contributed by atoms with Gasteiger partial charge in [0.1, 0.15) is 0 Å². The summed E-state index contributed by atoms with van der Waals surface area (Å²) in [6, 6.07) is 0. The zero-order valence-electron chi connectivity index (χ0n) is 6.23. The lowest BCUT2D eigenvalue weighted by molar-refractivity contribution is 0.209. The van der Waals surface area contributed by atoms with Crippen LogP contribution in [0.15, 0.2) is 0 Å². The first-order chi connectivity index (χ1) is 4.12. The zero-order valence-corrected chi connectivity index (χ0v) is 8.23. The van der Waals surface area contributed by atoms with Crippen LogP contribution < -0.4 is 0 Å². The van der Waals surface area contributed by atoms with Crippen LogP contribution in [0.25, 0.3) is 0 Å². The highest BCUT2D eigenvalue weighted by atomic mass is 29.2. The van der Waals surface area contributed by atoms with Crippen molar-refractivity contribution in [3.8, 4) is 0 Å². The van der Waals surface area contributed by atoms with Crippen LogP contribution in [0.2, 0.25) is 6.55 Å². The van der Waals surface area contributed by atoms with Crippen LogP contribution in [-0.2, 0) is 8.85 Å². The Morgan fingerprint density at radius 1 is 1.22 bits per heavy atom. The Kier molecular flexibility index (Phi) is 4.38. The maximum Gasteiger partial charge on any atom is 0.303 e. The summed E-state index contributed by atoms with van der Waals surface area (Å²) in [7, 11) is 1.55. The van der Waals surface area contributed by atoms with E-state index in [1.807, 2.05) is 20.4 Å². The normalized spacial score (nSPS) is 12.0. The van der Waals surface area contributed by atoms with Crippen molar-refractivity contribution in [2.24, 2.45) is 0 Å². The summed E-state index contributed by atoms with van der Waals surface area (Å²) >= 11 is 0. The molecule has 0 bridgehead atoms. The Morgan fingerprint density at radius 3 is 1.78 bits per heavy atom. The smallest absolute Gasteiger partial charge is 0.303 e. The van der Waals surface area contributed by atoms with Crippen molar-refractivity contribution in [2.75, 3.05) is 13.2 Å². The molecule has 0 atom stereocenters. The third-order valence-electron chi connectivity index (χ3n) is 0.840. The van der Waals surface area contributed by atoms with Crippen molar-refractivity contribution in [3.05, 3.63) is 0 Å². The molecule has 0 rings (SSSR count). The van der Waals surface area contributed by atoms with E-state index < -0.39 is 8.08 Å². The second-order valence-corrected chi connectivity index (χ2v) is 7.01. The summed E-state index contributed by atoms with van der Waals surface area (Å²) in [4.78, 5) is 0. The van der Waals surface area contributed by atoms with Crippen LogP contribution in [0, 0.1) is 0 Å². The molecule has 0 saturated carbocycles. The summed E-state index contributed by atoms with van der Waals surface area (Å²) in [6.07, 6.45) is 0. The Bertz CT molecular complexity index is 67.4. The molecule has 9 heavy (non-hydrogen) atoms. The molecule has 0 aliphatic carbocycles. The molecule has 0 aromatic carbocycles. The standard InChI is InChI=1S/C5H13O2Si2/c1-4-6-9(3,8)7-5-2/h4-5H2,1-3H3. The molecule has 3 radical (unpaired) electrons. The molecule has 0 aromatic rings. The molecule has 0 aliphatic heterocycles. The average molecular weight is 161 g/mol. The van der Waals surface area contributed by atoms with Crippen molar-refractivity contribution in [2.45, 2.75) is 20.4 Å². The number of hydrogen-bond acceptors (Lipinski definition) is 2. The van der Waals surface area contributed by atoms with Crippen LogP contribution in [0.3, 0.4) is 0 Å². The van der Waals surface area contributed by atoms with Gasteiger partial charge in [0.05, 0.1) is 9.76 Å². The van der Waals surface area contributed by atoms with Crippen molar-refractivity contribution >= 4 is 17.8 Å². The summed E-state index contributed by atoms with van der Waals surface area (Å²) in [6.45, 7) is 7.32. The largest absolute Gasteiger partial charge is 0.398 e. The molecular weight excluding hydrogens is 148 g/mol. The second-order valence-electron chi connectivity index (χ2n) is 1.81. The monoisotopic (exact) mass is 161 g/mol. The molecule has 0 fully saturated rings. The molecule has 0 N–H and O–H groups in total. The van der Waals surface area contributed by atoms with E-state index >= 15 is 0 Å². The fraction of sp³-hybridized carbons (Fsp3) is 1.00. The highest BCUT2D eigenvalue weighted by Gasteiger charge is 2.21. The molecule has 0 amide bonds. The minimum absolute atomic E-state index is 0.715. The Hall–Kier alpha value is 0.354. The van der Waals surface area contributed by atoms with E-state index in [1.54, 1.807) is 0 Å². The molecule has 0 aromatic heterocycles. The van der Waals surface area contributed by atoms with Crippen LogP contribution >= 0.6 is 0 Å². The van der Waals surface area contributed by atoms with Crippen LogP contribution in [0.5, 0.6) is 0 Å². The summed E-state index contributed by atoms with van der Waals surface area (Å²) in [5.74, 6) is 0. The summed E-state index contributed by atoms with van der Waals surface area (Å²) < 4.78 is 10.6. The first-order valence-corrected chi connectivity index (χ1v) is 6.97. The van der Waals surface area contributed by atoms with Gasteiger partial charge >= 0.3 is 8.08 Å². The highest BCUT2D eigenvalue weighted by Crippen LogP contribution is 1.99. The molecule has 0 unspecified atom stereocenters. The van der Waals surface area contributed by atoms with Gasteiger partial charge in [0, 0.05) is 13.2 Å². The van der Waals surface area contributed by atoms with E-state index in [2.05, 4.69) is 9.76 Å². The van der Waals surface area contributed by atoms with E-state index in [0.717, 1.165) is 0 Å². The second kappa shape index (κ2) is 4.21. The summed E-state index contributed by atoms with van der Waals surface area (Å²) in [5.41, 5.74) is 0. The van der Waals surface area contributed by atoms with Crippen molar-refractivity contribution in [3.63, 3.8) is 0 Å². The molecule has 0 heterocycles. The number of hydrogen-bond donors (Lipinski definition) is 0. The number of rotatable bonds is 4. The SMILES string of the molecule is CCO[Si](C)([Si])OCC. The van der Waals surface area contributed by atoms with Gasteiger partial charge in [0.2, 0.25) is 0 Å². The van der Waals surface area contributed by atoms with Crippen LogP contribution in [-0.4, -0.2) is 31.1 Å². The zero-order chi connectivity index (χ0) is 7.33. The fourth-order valence-electron chi connectivity index (χ4n) is 0.593. The maximum absolute atomic E-state index is 5.30. The third kappa shape index (κ3) is 4.83. The molecule has 4 heteroatoms. The van der Waals surface area contributed by atoms with Crippen molar-refractivity contribution < 1.29 is 8.85 Å². The lowest BCUT2D eigenvalue weighted by atomic mass is 10.9. The third-order valence-corrected chi connectivity index (χ3v) is 3.38. The van der Waals surface area contributed by atoms with Gasteiger partial charge < -0.3 is 8.85 Å². The van der Waals surface area contributed by atoms with Gasteiger partial charge in [-0.3, -0.25) is 0 Å². The Labute approximate surface area is 61.0 Å². The van der Waals surface area contributed by atoms with E-state index in [9.17, 15) is 0 Å². The molecular formula is C5H13O2Si2. The maximum atomic E-state index is 5.30. The van der Waals surface area contributed by atoms with Crippen LogP contribution in [0.4, 0.5) is 0 Å². The quantitative estimate of drug-likeness (QED) is 0.568. The lowest BCUT2D eigenvalue weighted by Gasteiger charge is -2.20. The van der Waals surface area contributed by atoms with E-state index in [1.165, 1.54) is 0 Å². The first-order valence-electron chi connectivity index (χ1n) is 3.15. The van der Waals surface area contributed by atoms with Gasteiger partial charge in [-0.1, -0.05) is 0 Å². The molecule has 0 spiro atoms.